The van der Waals surface area contributed by atoms with Gasteiger partial charge in [0, 0.05) is 13.0 Å². The predicted octanol–water partition coefficient (Wildman–Crippen LogP) is 2.66. The fourth-order valence-electron chi connectivity index (χ4n) is 2.59. The largest absolute Gasteiger partial charge is 0.493 e. The van der Waals surface area contributed by atoms with Gasteiger partial charge in [-0.3, -0.25) is 4.79 Å². The highest BCUT2D eigenvalue weighted by molar-refractivity contribution is 5.78. The van der Waals surface area contributed by atoms with Crippen LogP contribution in [0.25, 0.3) is 0 Å². The first-order valence-electron chi connectivity index (χ1n) is 7.46. The summed E-state index contributed by atoms with van der Waals surface area (Å²) in [5, 5.41) is 2.90. The molecule has 1 N–H and O–H groups in total. The zero-order chi connectivity index (χ0) is 15.4. The normalized spacial score (nSPS) is 12.6. The number of hydrogen-bond donors (Lipinski definition) is 1. The first-order chi connectivity index (χ1) is 10.7. The van der Waals surface area contributed by atoms with Gasteiger partial charge in [0.1, 0.15) is 11.6 Å². The molecule has 0 spiro atoms. The van der Waals surface area contributed by atoms with Crippen molar-refractivity contribution in [3.63, 3.8) is 0 Å². The minimum atomic E-state index is -0.287. The Morgan fingerprint density at radius 3 is 2.73 bits per heavy atom. The SMILES string of the molecule is O=C(Cc1ccc(F)cc1)NCCc1ccc2c(c1)CCO2. The molecule has 0 aliphatic carbocycles. The zero-order valence-electron chi connectivity index (χ0n) is 12.3. The highest BCUT2D eigenvalue weighted by Crippen LogP contribution is 2.25. The van der Waals surface area contributed by atoms with Gasteiger partial charge in [0.2, 0.25) is 5.91 Å². The van der Waals surface area contributed by atoms with Crippen molar-refractivity contribution < 1.29 is 13.9 Å². The summed E-state index contributed by atoms with van der Waals surface area (Å²) in [5.41, 5.74) is 3.26. The van der Waals surface area contributed by atoms with E-state index in [1.54, 1.807) is 12.1 Å². The molecule has 0 fully saturated rings. The Hall–Kier alpha value is -2.36. The molecular weight excluding hydrogens is 281 g/mol. The predicted molar refractivity (Wildman–Crippen MR) is 82.5 cm³/mol. The lowest BCUT2D eigenvalue weighted by molar-refractivity contribution is -0.120. The van der Waals surface area contributed by atoms with Gasteiger partial charge in [0.15, 0.2) is 0 Å². The molecular formula is C18H18FNO2. The van der Waals surface area contributed by atoms with Crippen molar-refractivity contribution in [2.24, 2.45) is 0 Å². The van der Waals surface area contributed by atoms with Gasteiger partial charge >= 0.3 is 0 Å². The number of amides is 1. The number of hydrogen-bond acceptors (Lipinski definition) is 2. The van der Waals surface area contributed by atoms with Gasteiger partial charge in [-0.2, -0.15) is 0 Å². The second-order valence-corrected chi connectivity index (χ2v) is 5.44. The van der Waals surface area contributed by atoms with Gasteiger partial charge in [-0.05, 0) is 41.3 Å². The number of ether oxygens (including phenoxy) is 1. The Labute approximate surface area is 129 Å². The first-order valence-corrected chi connectivity index (χ1v) is 7.46. The highest BCUT2D eigenvalue weighted by Gasteiger charge is 2.12. The Kier molecular flexibility index (Phi) is 4.37. The second kappa shape index (κ2) is 6.60. The molecule has 3 rings (SSSR count). The van der Waals surface area contributed by atoms with E-state index < -0.39 is 0 Å². The van der Waals surface area contributed by atoms with Crippen molar-refractivity contribution >= 4 is 5.91 Å². The van der Waals surface area contributed by atoms with Crippen LogP contribution in [0.2, 0.25) is 0 Å². The van der Waals surface area contributed by atoms with Crippen LogP contribution in [0.3, 0.4) is 0 Å². The molecule has 0 saturated carbocycles. The maximum Gasteiger partial charge on any atom is 0.224 e. The van der Waals surface area contributed by atoms with E-state index in [1.165, 1.54) is 23.3 Å². The monoisotopic (exact) mass is 299 g/mol. The van der Waals surface area contributed by atoms with Crippen molar-refractivity contribution in [1.29, 1.82) is 0 Å². The fourth-order valence-corrected chi connectivity index (χ4v) is 2.59. The van der Waals surface area contributed by atoms with Gasteiger partial charge in [-0.15, -0.1) is 0 Å². The molecule has 0 aromatic heterocycles. The molecule has 0 saturated heterocycles. The Bertz CT molecular complexity index is 667. The van der Waals surface area contributed by atoms with E-state index in [9.17, 15) is 9.18 Å². The van der Waals surface area contributed by atoms with Gasteiger partial charge in [0.25, 0.3) is 0 Å². The molecule has 114 valence electrons. The Morgan fingerprint density at radius 2 is 1.91 bits per heavy atom. The summed E-state index contributed by atoms with van der Waals surface area (Å²) in [5.74, 6) is 0.643. The average Bonchev–Trinajstić information content (AvgIpc) is 2.97. The van der Waals surface area contributed by atoms with Crippen LogP contribution in [0.15, 0.2) is 42.5 Å². The molecule has 4 heteroatoms. The van der Waals surface area contributed by atoms with E-state index in [2.05, 4.69) is 11.4 Å². The topological polar surface area (TPSA) is 38.3 Å². The molecule has 0 radical (unpaired) electrons. The molecule has 1 aliphatic rings. The van der Waals surface area contributed by atoms with E-state index in [1.807, 2.05) is 12.1 Å². The summed E-state index contributed by atoms with van der Waals surface area (Å²) >= 11 is 0. The molecule has 1 aliphatic heterocycles. The van der Waals surface area contributed by atoms with Crippen molar-refractivity contribution in [3.05, 3.63) is 65.0 Å². The smallest absolute Gasteiger partial charge is 0.224 e. The Balaban J connectivity index is 1.46. The van der Waals surface area contributed by atoms with Gasteiger partial charge in [-0.1, -0.05) is 24.3 Å². The quantitative estimate of drug-likeness (QED) is 0.922. The number of nitrogens with one attached hydrogen (secondary N) is 1. The number of fused-ring (bicyclic) bond motifs is 1. The van der Waals surface area contributed by atoms with Gasteiger partial charge in [0.05, 0.1) is 13.0 Å². The van der Waals surface area contributed by atoms with E-state index in [4.69, 9.17) is 4.74 Å². The van der Waals surface area contributed by atoms with Crippen LogP contribution in [-0.2, 0) is 24.1 Å². The maximum absolute atomic E-state index is 12.8. The van der Waals surface area contributed by atoms with Crippen LogP contribution in [-0.4, -0.2) is 19.1 Å². The third-order valence-corrected chi connectivity index (χ3v) is 3.77. The number of halogens is 1. The number of carbonyl (C=O) groups excluding carboxylic acids is 1. The van der Waals surface area contributed by atoms with Gasteiger partial charge < -0.3 is 10.1 Å². The molecule has 2 aromatic carbocycles. The molecule has 0 atom stereocenters. The lowest BCUT2D eigenvalue weighted by Gasteiger charge is -2.07. The van der Waals surface area contributed by atoms with Crippen LogP contribution in [0.4, 0.5) is 4.39 Å². The van der Waals surface area contributed by atoms with Gasteiger partial charge in [-0.25, -0.2) is 4.39 Å². The van der Waals surface area contributed by atoms with E-state index in [0.717, 1.165) is 30.8 Å². The molecule has 22 heavy (non-hydrogen) atoms. The number of benzene rings is 2. The molecule has 1 amide bonds. The summed E-state index contributed by atoms with van der Waals surface area (Å²) in [6.45, 7) is 1.35. The first kappa shape index (κ1) is 14.6. The lowest BCUT2D eigenvalue weighted by atomic mass is 10.1. The molecule has 2 aromatic rings. The van der Waals surface area contributed by atoms with Crippen LogP contribution in [0, 0.1) is 5.82 Å². The van der Waals surface area contributed by atoms with Crippen LogP contribution in [0.5, 0.6) is 5.75 Å². The zero-order valence-corrected chi connectivity index (χ0v) is 12.3. The Morgan fingerprint density at radius 1 is 1.14 bits per heavy atom. The van der Waals surface area contributed by atoms with Crippen molar-refractivity contribution in [3.8, 4) is 5.75 Å². The summed E-state index contributed by atoms with van der Waals surface area (Å²) < 4.78 is 18.3. The number of carbonyl (C=O) groups is 1. The van der Waals surface area contributed by atoms with Crippen LogP contribution < -0.4 is 10.1 Å². The highest BCUT2D eigenvalue weighted by atomic mass is 19.1. The van der Waals surface area contributed by atoms with E-state index >= 15 is 0 Å². The van der Waals surface area contributed by atoms with Crippen molar-refractivity contribution in [1.82, 2.24) is 5.32 Å². The third kappa shape index (κ3) is 3.64. The number of rotatable bonds is 5. The minimum Gasteiger partial charge on any atom is -0.493 e. The second-order valence-electron chi connectivity index (χ2n) is 5.44. The fraction of sp³-hybridized carbons (Fsp3) is 0.278. The summed E-state index contributed by atoms with van der Waals surface area (Å²) in [7, 11) is 0. The van der Waals surface area contributed by atoms with E-state index in [0.29, 0.717) is 6.54 Å². The van der Waals surface area contributed by atoms with E-state index in [-0.39, 0.29) is 18.1 Å². The van der Waals surface area contributed by atoms with Crippen LogP contribution >= 0.6 is 0 Å². The minimum absolute atomic E-state index is 0.0453. The van der Waals surface area contributed by atoms with Crippen molar-refractivity contribution in [2.75, 3.05) is 13.2 Å². The van der Waals surface area contributed by atoms with Crippen LogP contribution in [0.1, 0.15) is 16.7 Å². The standard InChI is InChI=1S/C18H18FNO2/c19-16-4-1-13(2-5-16)12-18(21)20-9-7-14-3-6-17-15(11-14)8-10-22-17/h1-6,11H,7-10,12H2,(H,20,21). The molecule has 3 nitrogen and oxygen atoms in total. The molecule has 1 heterocycles. The molecule has 0 unspecified atom stereocenters. The summed E-state index contributed by atoms with van der Waals surface area (Å²) in [4.78, 5) is 11.8. The van der Waals surface area contributed by atoms with Crippen molar-refractivity contribution in [2.45, 2.75) is 19.3 Å². The average molecular weight is 299 g/mol. The summed E-state index contributed by atoms with van der Waals surface area (Å²) in [6.07, 6.45) is 2.03. The third-order valence-electron chi connectivity index (χ3n) is 3.77. The molecule has 0 bridgehead atoms. The lowest BCUT2D eigenvalue weighted by Crippen LogP contribution is -2.27. The summed E-state index contributed by atoms with van der Waals surface area (Å²) in [6, 6.07) is 12.2. The maximum atomic E-state index is 12.8.